The maximum atomic E-state index is 12.2. The first-order chi connectivity index (χ1) is 10.3. The van der Waals surface area contributed by atoms with Crippen LogP contribution in [0.4, 0.5) is 0 Å². The van der Waals surface area contributed by atoms with Gasteiger partial charge in [0.2, 0.25) is 5.91 Å². The number of halogens is 1. The molecule has 0 bridgehead atoms. The summed E-state index contributed by atoms with van der Waals surface area (Å²) in [7, 11) is 0. The number of nitrogens with zero attached hydrogens (tertiary/aromatic N) is 2. The Morgan fingerprint density at radius 3 is 2.76 bits per heavy atom. The van der Waals surface area contributed by atoms with Crippen molar-refractivity contribution < 1.29 is 9.21 Å². The summed E-state index contributed by atoms with van der Waals surface area (Å²) in [5, 5.41) is 6.00. The van der Waals surface area contributed by atoms with Gasteiger partial charge in [-0.2, -0.15) is 5.10 Å². The summed E-state index contributed by atoms with van der Waals surface area (Å²) < 4.78 is 5.46. The number of benzene rings is 1. The molecule has 1 aromatic carbocycles. The number of hydrogen-bond donors (Lipinski definition) is 0. The molecular formula is C16H15ClN2O2. The normalized spacial score (nSPS) is 17.9. The minimum atomic E-state index is -0.189. The molecule has 1 amide bonds. The molecule has 0 unspecified atom stereocenters. The van der Waals surface area contributed by atoms with Gasteiger partial charge in [-0.15, -0.1) is 11.6 Å². The molecule has 4 nitrogen and oxygen atoms in total. The van der Waals surface area contributed by atoms with E-state index in [4.69, 9.17) is 16.0 Å². The van der Waals surface area contributed by atoms with Gasteiger partial charge in [0.05, 0.1) is 12.0 Å². The predicted octanol–water partition coefficient (Wildman–Crippen LogP) is 3.59. The molecule has 1 aliphatic rings. The highest BCUT2D eigenvalue weighted by molar-refractivity contribution is 6.19. The monoisotopic (exact) mass is 302 g/mol. The van der Waals surface area contributed by atoms with Crippen LogP contribution in [0.25, 0.3) is 0 Å². The fourth-order valence-corrected chi connectivity index (χ4v) is 2.60. The van der Waals surface area contributed by atoms with Gasteiger partial charge in [-0.05, 0) is 17.7 Å². The van der Waals surface area contributed by atoms with Gasteiger partial charge in [-0.1, -0.05) is 30.3 Å². The minimum absolute atomic E-state index is 0.0858. The number of carbonyl (C=O) groups is 1. The highest BCUT2D eigenvalue weighted by Gasteiger charge is 2.34. The molecule has 2 heterocycles. The van der Waals surface area contributed by atoms with Crippen molar-refractivity contribution in [3.05, 3.63) is 60.1 Å². The smallest absolute Gasteiger partial charge is 0.244 e. The van der Waals surface area contributed by atoms with Gasteiger partial charge in [0.15, 0.2) is 0 Å². The first-order valence-electron chi connectivity index (χ1n) is 6.84. The number of hydrogen-bond acceptors (Lipinski definition) is 3. The molecule has 5 heteroatoms. The molecule has 1 aromatic heterocycles. The standard InChI is InChI=1S/C16H15ClN2O2/c17-9-8-16(20)19-14(15-7-4-10-21-15)11-13(18-19)12-5-2-1-3-6-12/h1-7,10,14H,8-9,11H2/t14-/m1/s1. The van der Waals surface area contributed by atoms with Crippen LogP contribution in [0, 0.1) is 0 Å². The number of carbonyl (C=O) groups excluding carboxylic acids is 1. The van der Waals surface area contributed by atoms with Gasteiger partial charge in [0.1, 0.15) is 11.8 Å². The van der Waals surface area contributed by atoms with E-state index in [-0.39, 0.29) is 24.2 Å². The number of alkyl halides is 1. The largest absolute Gasteiger partial charge is 0.467 e. The van der Waals surface area contributed by atoms with Gasteiger partial charge in [-0.25, -0.2) is 5.01 Å². The average molecular weight is 303 g/mol. The second-order valence-corrected chi connectivity index (χ2v) is 5.20. The molecule has 0 saturated heterocycles. The van der Waals surface area contributed by atoms with Gasteiger partial charge in [0.25, 0.3) is 0 Å². The lowest BCUT2D eigenvalue weighted by atomic mass is 10.0. The topological polar surface area (TPSA) is 45.8 Å². The van der Waals surface area contributed by atoms with Crippen LogP contribution in [0.15, 0.2) is 58.2 Å². The minimum Gasteiger partial charge on any atom is -0.467 e. The van der Waals surface area contributed by atoms with E-state index in [1.165, 1.54) is 5.01 Å². The molecule has 1 aliphatic heterocycles. The first-order valence-corrected chi connectivity index (χ1v) is 7.37. The highest BCUT2D eigenvalue weighted by atomic mass is 35.5. The van der Waals surface area contributed by atoms with Crippen LogP contribution in [-0.4, -0.2) is 22.5 Å². The van der Waals surface area contributed by atoms with E-state index in [0.29, 0.717) is 6.42 Å². The Hall–Kier alpha value is -2.07. The van der Waals surface area contributed by atoms with Crippen LogP contribution in [0.3, 0.4) is 0 Å². The lowest BCUT2D eigenvalue weighted by Crippen LogP contribution is -2.26. The van der Waals surface area contributed by atoms with Crippen LogP contribution in [0.1, 0.15) is 30.2 Å². The van der Waals surface area contributed by atoms with Gasteiger partial charge in [-0.3, -0.25) is 4.79 Å². The quantitative estimate of drug-likeness (QED) is 0.810. The van der Waals surface area contributed by atoms with E-state index in [9.17, 15) is 4.79 Å². The van der Waals surface area contributed by atoms with Crippen molar-refractivity contribution in [1.29, 1.82) is 0 Å². The second kappa shape index (κ2) is 6.14. The zero-order chi connectivity index (χ0) is 14.7. The van der Waals surface area contributed by atoms with Crippen molar-refractivity contribution in [3.8, 4) is 0 Å². The zero-order valence-electron chi connectivity index (χ0n) is 11.4. The molecule has 3 rings (SSSR count). The van der Waals surface area contributed by atoms with Crippen LogP contribution >= 0.6 is 11.6 Å². The molecule has 0 aliphatic carbocycles. The molecule has 0 radical (unpaired) electrons. The SMILES string of the molecule is O=C(CCCl)N1N=C(c2ccccc2)C[C@@H]1c1ccco1. The van der Waals surface area contributed by atoms with Crippen LogP contribution < -0.4 is 0 Å². The van der Waals surface area contributed by atoms with Gasteiger partial charge in [0, 0.05) is 18.7 Å². The molecule has 0 fully saturated rings. The maximum Gasteiger partial charge on any atom is 0.244 e. The van der Waals surface area contributed by atoms with E-state index in [1.807, 2.05) is 42.5 Å². The van der Waals surface area contributed by atoms with E-state index in [1.54, 1.807) is 6.26 Å². The third kappa shape index (κ3) is 2.85. The molecule has 21 heavy (non-hydrogen) atoms. The third-order valence-corrected chi connectivity index (χ3v) is 3.64. The second-order valence-electron chi connectivity index (χ2n) is 4.83. The Labute approximate surface area is 128 Å². The van der Waals surface area contributed by atoms with E-state index in [0.717, 1.165) is 17.0 Å². The summed E-state index contributed by atoms with van der Waals surface area (Å²) in [6, 6.07) is 13.4. The fraction of sp³-hybridized carbons (Fsp3) is 0.250. The molecule has 2 aromatic rings. The van der Waals surface area contributed by atoms with Crippen LogP contribution in [-0.2, 0) is 4.79 Å². The van der Waals surface area contributed by atoms with Crippen molar-refractivity contribution in [2.24, 2.45) is 5.10 Å². The van der Waals surface area contributed by atoms with E-state index < -0.39 is 0 Å². The average Bonchev–Trinajstić information content (AvgIpc) is 3.17. The molecule has 0 saturated carbocycles. The maximum absolute atomic E-state index is 12.2. The number of rotatable bonds is 4. The predicted molar refractivity (Wildman–Crippen MR) is 81.2 cm³/mol. The Morgan fingerprint density at radius 2 is 2.10 bits per heavy atom. The molecule has 108 valence electrons. The Morgan fingerprint density at radius 1 is 1.29 bits per heavy atom. The summed E-state index contributed by atoms with van der Waals surface area (Å²) in [4.78, 5) is 12.2. The summed E-state index contributed by atoms with van der Waals surface area (Å²) in [6.07, 6.45) is 2.52. The molecule has 0 spiro atoms. The number of hydrazone groups is 1. The summed E-state index contributed by atoms with van der Waals surface area (Å²) in [5.41, 5.74) is 1.91. The Balaban J connectivity index is 1.91. The van der Waals surface area contributed by atoms with Crippen molar-refractivity contribution in [2.75, 3.05) is 5.88 Å². The van der Waals surface area contributed by atoms with Crippen LogP contribution in [0.2, 0.25) is 0 Å². The van der Waals surface area contributed by atoms with Gasteiger partial charge >= 0.3 is 0 Å². The van der Waals surface area contributed by atoms with Crippen molar-refractivity contribution in [2.45, 2.75) is 18.9 Å². The van der Waals surface area contributed by atoms with Crippen LogP contribution in [0.5, 0.6) is 0 Å². The zero-order valence-corrected chi connectivity index (χ0v) is 12.2. The Bertz CT molecular complexity index is 638. The Kier molecular flexibility index (Phi) is 4.06. The number of amides is 1. The highest BCUT2D eigenvalue weighted by Crippen LogP contribution is 2.33. The molecule has 1 atom stereocenters. The number of furan rings is 1. The van der Waals surface area contributed by atoms with Gasteiger partial charge < -0.3 is 4.42 Å². The van der Waals surface area contributed by atoms with E-state index in [2.05, 4.69) is 5.10 Å². The summed E-state index contributed by atoms with van der Waals surface area (Å²) in [5.74, 6) is 0.945. The van der Waals surface area contributed by atoms with Crippen molar-refractivity contribution in [1.82, 2.24) is 5.01 Å². The third-order valence-electron chi connectivity index (χ3n) is 3.45. The molecule has 0 N–H and O–H groups in total. The van der Waals surface area contributed by atoms with E-state index >= 15 is 0 Å². The lowest BCUT2D eigenvalue weighted by Gasteiger charge is -2.19. The molecular weight excluding hydrogens is 288 g/mol. The van der Waals surface area contributed by atoms with Crippen molar-refractivity contribution >= 4 is 23.2 Å². The summed E-state index contributed by atoms with van der Waals surface area (Å²) in [6.45, 7) is 0. The summed E-state index contributed by atoms with van der Waals surface area (Å²) >= 11 is 5.68. The lowest BCUT2D eigenvalue weighted by molar-refractivity contribution is -0.132. The van der Waals surface area contributed by atoms with Crippen molar-refractivity contribution in [3.63, 3.8) is 0 Å². The first kappa shape index (κ1) is 13.9. The fourth-order valence-electron chi connectivity index (χ4n) is 2.44.